The van der Waals surface area contributed by atoms with Gasteiger partial charge in [-0.15, -0.1) is 0 Å². The maximum atomic E-state index is 12.6. The molecule has 2 aliphatic rings. The molecule has 3 heterocycles. The largest absolute Gasteiger partial charge is 0.462 e. The van der Waals surface area contributed by atoms with Crippen molar-refractivity contribution in [3.63, 3.8) is 0 Å². The summed E-state index contributed by atoms with van der Waals surface area (Å²) in [5.74, 6) is -2.25. The van der Waals surface area contributed by atoms with Crippen molar-refractivity contribution in [2.24, 2.45) is 11.7 Å². The summed E-state index contributed by atoms with van der Waals surface area (Å²) in [5.41, 5.74) is 7.22. The molecule has 2 fully saturated rings. The van der Waals surface area contributed by atoms with Crippen molar-refractivity contribution < 1.29 is 33.4 Å². The predicted octanol–water partition coefficient (Wildman–Crippen LogP) is 0.0773. The molecule has 3 N–H and O–H groups in total. The van der Waals surface area contributed by atoms with Crippen LogP contribution >= 0.6 is 0 Å². The molecule has 31 heavy (non-hydrogen) atoms. The Morgan fingerprint density at radius 1 is 1.26 bits per heavy atom. The fraction of sp³-hybridized carbons (Fsp3) is 0.684. The van der Waals surface area contributed by atoms with E-state index < -0.39 is 54.0 Å². The van der Waals surface area contributed by atoms with E-state index in [0.717, 1.165) is 0 Å². The number of hydrogen-bond acceptors (Lipinski definition) is 11. The van der Waals surface area contributed by atoms with Gasteiger partial charge in [0.15, 0.2) is 17.8 Å². The second-order valence-electron chi connectivity index (χ2n) is 8.23. The molecule has 0 spiro atoms. The fourth-order valence-electron chi connectivity index (χ4n) is 3.20. The molecule has 12 heteroatoms. The van der Waals surface area contributed by atoms with Gasteiger partial charge in [-0.05, 0) is 20.8 Å². The molecule has 5 atom stereocenters. The van der Waals surface area contributed by atoms with E-state index in [1.54, 1.807) is 27.7 Å². The van der Waals surface area contributed by atoms with Gasteiger partial charge in [0.2, 0.25) is 0 Å². The van der Waals surface area contributed by atoms with E-state index >= 15 is 0 Å². The zero-order chi connectivity index (χ0) is 22.9. The van der Waals surface area contributed by atoms with E-state index in [1.807, 2.05) is 0 Å². The lowest BCUT2D eigenvalue weighted by Gasteiger charge is -2.25. The van der Waals surface area contributed by atoms with Crippen LogP contribution in [0.25, 0.3) is 0 Å². The van der Waals surface area contributed by atoms with Crippen LogP contribution in [0.1, 0.15) is 40.8 Å². The standard InChI is InChI=1S/C19H28N4O8/c1-9(2)16(24)31-22-12-6-7-23(18(26)21-12)15-14-13(29-19(4,5)30-14)11(28-15)8-27-17(25)10(3)20/h6-7,9-11,13-15H,8,20H2,1-5H3,(H,21,22,26)/t10-,11+,13+,14+,15+/m0/s1. The molecule has 2 aliphatic heterocycles. The Hall–Kier alpha value is -2.54. The Labute approximate surface area is 178 Å². The predicted molar refractivity (Wildman–Crippen MR) is 105 cm³/mol. The van der Waals surface area contributed by atoms with Gasteiger partial charge < -0.3 is 29.5 Å². The molecule has 1 aromatic heterocycles. The lowest BCUT2D eigenvalue weighted by atomic mass is 10.1. The fourth-order valence-corrected chi connectivity index (χ4v) is 3.20. The SMILES string of the molecule is CC(C)C(=O)ONc1ccn([C@@H]2O[C@H](COC(=O)[C@H](C)N)[C@H]3OC(C)(C)O[C@H]32)c(=O)n1. The van der Waals surface area contributed by atoms with Crippen LogP contribution in [0.15, 0.2) is 17.1 Å². The first-order valence-electron chi connectivity index (χ1n) is 9.97. The van der Waals surface area contributed by atoms with Crippen LogP contribution in [-0.2, 0) is 33.4 Å². The maximum Gasteiger partial charge on any atom is 0.351 e. The van der Waals surface area contributed by atoms with Crippen molar-refractivity contribution in [3.8, 4) is 0 Å². The Kier molecular flexibility index (Phi) is 6.65. The Morgan fingerprint density at radius 2 is 1.94 bits per heavy atom. The van der Waals surface area contributed by atoms with E-state index in [4.69, 9.17) is 29.5 Å². The number of hydrogen-bond donors (Lipinski definition) is 2. The van der Waals surface area contributed by atoms with Gasteiger partial charge in [-0.2, -0.15) is 4.98 Å². The highest BCUT2D eigenvalue weighted by Gasteiger charge is 2.56. The molecular weight excluding hydrogens is 412 g/mol. The highest BCUT2D eigenvalue weighted by Crippen LogP contribution is 2.42. The number of anilines is 1. The molecule has 0 radical (unpaired) electrons. The highest BCUT2D eigenvalue weighted by atomic mass is 16.8. The Morgan fingerprint density at radius 3 is 2.55 bits per heavy atom. The smallest absolute Gasteiger partial charge is 0.351 e. The van der Waals surface area contributed by atoms with Gasteiger partial charge in [-0.1, -0.05) is 13.8 Å². The van der Waals surface area contributed by atoms with E-state index in [0.29, 0.717) is 0 Å². The number of nitrogens with one attached hydrogen (secondary N) is 1. The van der Waals surface area contributed by atoms with Crippen LogP contribution in [0.4, 0.5) is 5.82 Å². The zero-order valence-corrected chi connectivity index (χ0v) is 18.1. The summed E-state index contributed by atoms with van der Waals surface area (Å²) in [5, 5.41) is 0. The van der Waals surface area contributed by atoms with Crippen LogP contribution in [0.5, 0.6) is 0 Å². The number of fused-ring (bicyclic) bond motifs is 1. The van der Waals surface area contributed by atoms with Crippen molar-refractivity contribution >= 4 is 17.8 Å². The van der Waals surface area contributed by atoms with E-state index in [9.17, 15) is 14.4 Å². The number of esters is 1. The number of aromatic nitrogens is 2. The van der Waals surface area contributed by atoms with Gasteiger partial charge in [0.1, 0.15) is 31.0 Å². The lowest BCUT2D eigenvalue weighted by molar-refractivity contribution is -0.203. The van der Waals surface area contributed by atoms with Gasteiger partial charge in [-0.3, -0.25) is 9.36 Å². The van der Waals surface area contributed by atoms with E-state index in [-0.39, 0.29) is 18.3 Å². The van der Waals surface area contributed by atoms with Crippen LogP contribution in [0.3, 0.4) is 0 Å². The van der Waals surface area contributed by atoms with Crippen LogP contribution < -0.4 is 16.9 Å². The minimum absolute atomic E-state index is 0.0659. The molecule has 12 nitrogen and oxygen atoms in total. The molecule has 0 aromatic carbocycles. The molecule has 2 saturated heterocycles. The molecule has 0 saturated carbocycles. The third-order valence-electron chi connectivity index (χ3n) is 4.72. The molecule has 0 aliphatic carbocycles. The van der Waals surface area contributed by atoms with Gasteiger partial charge in [0.25, 0.3) is 0 Å². The highest BCUT2D eigenvalue weighted by molar-refractivity contribution is 5.74. The van der Waals surface area contributed by atoms with Crippen molar-refractivity contribution in [3.05, 3.63) is 22.7 Å². The van der Waals surface area contributed by atoms with Crippen LogP contribution in [0.2, 0.25) is 0 Å². The number of nitrogens with two attached hydrogens (primary N) is 1. The Bertz CT molecular complexity index is 884. The summed E-state index contributed by atoms with van der Waals surface area (Å²) >= 11 is 0. The zero-order valence-electron chi connectivity index (χ0n) is 18.1. The second kappa shape index (κ2) is 8.91. The van der Waals surface area contributed by atoms with Gasteiger partial charge >= 0.3 is 17.6 Å². The average molecular weight is 440 g/mol. The maximum absolute atomic E-state index is 12.6. The molecule has 0 amide bonds. The Balaban J connectivity index is 1.75. The monoisotopic (exact) mass is 440 g/mol. The summed E-state index contributed by atoms with van der Waals surface area (Å²) in [6.07, 6.45) is -1.30. The first-order valence-corrected chi connectivity index (χ1v) is 9.97. The number of carbonyl (C=O) groups is 2. The van der Waals surface area contributed by atoms with Crippen LogP contribution in [0, 0.1) is 5.92 Å². The van der Waals surface area contributed by atoms with Crippen molar-refractivity contribution in [1.29, 1.82) is 0 Å². The molecule has 1 aromatic rings. The number of rotatable bonds is 7. The van der Waals surface area contributed by atoms with E-state index in [1.165, 1.54) is 23.8 Å². The average Bonchev–Trinajstić information content (AvgIpc) is 3.17. The molecule has 3 rings (SSSR count). The summed E-state index contributed by atoms with van der Waals surface area (Å²) < 4.78 is 24.2. The van der Waals surface area contributed by atoms with Crippen LogP contribution in [-0.4, -0.2) is 58.2 Å². The summed E-state index contributed by atoms with van der Waals surface area (Å²) in [4.78, 5) is 44.6. The van der Waals surface area contributed by atoms with Crippen molar-refractivity contribution in [2.75, 3.05) is 12.1 Å². The quantitative estimate of drug-likeness (QED) is 0.437. The minimum atomic E-state index is -0.912. The third-order valence-corrected chi connectivity index (χ3v) is 4.72. The topological polar surface area (TPSA) is 153 Å². The van der Waals surface area contributed by atoms with Gasteiger partial charge in [-0.25, -0.2) is 15.1 Å². The van der Waals surface area contributed by atoms with Crippen molar-refractivity contribution in [1.82, 2.24) is 9.55 Å². The van der Waals surface area contributed by atoms with E-state index in [2.05, 4.69) is 10.5 Å². The second-order valence-corrected chi connectivity index (χ2v) is 8.23. The number of nitrogens with zero attached hydrogens (tertiary/aromatic N) is 2. The molecule has 172 valence electrons. The van der Waals surface area contributed by atoms with Gasteiger partial charge in [0, 0.05) is 12.3 Å². The normalized spacial score (nSPS) is 27.6. The number of ether oxygens (including phenoxy) is 4. The lowest BCUT2D eigenvalue weighted by Crippen LogP contribution is -2.36. The first kappa shape index (κ1) is 23.1. The first-order chi connectivity index (χ1) is 14.5. The molecule has 0 bridgehead atoms. The summed E-state index contributed by atoms with van der Waals surface area (Å²) in [6, 6.07) is 0.680. The van der Waals surface area contributed by atoms with Crippen molar-refractivity contribution in [2.45, 2.75) is 71.0 Å². The summed E-state index contributed by atoms with van der Waals surface area (Å²) in [6.45, 7) is 8.24. The third kappa shape index (κ3) is 5.21. The van der Waals surface area contributed by atoms with Gasteiger partial charge in [0.05, 0.1) is 5.92 Å². The molecule has 0 unspecified atom stereocenters. The molecular formula is C19H28N4O8. The number of carbonyl (C=O) groups excluding carboxylic acids is 2. The minimum Gasteiger partial charge on any atom is -0.462 e. The summed E-state index contributed by atoms with van der Waals surface area (Å²) in [7, 11) is 0.